The first-order valence-corrected chi connectivity index (χ1v) is 6.54. The average Bonchev–Trinajstić information content (AvgIpc) is 2.62. The Balaban J connectivity index is 1.98. The van der Waals surface area contributed by atoms with Crippen molar-refractivity contribution in [2.75, 3.05) is 0 Å². The van der Waals surface area contributed by atoms with E-state index in [1.54, 1.807) is 0 Å². The molecule has 1 aromatic carbocycles. The Morgan fingerprint density at radius 1 is 1.25 bits per heavy atom. The Morgan fingerprint density at radius 2 is 2.12 bits per heavy atom. The summed E-state index contributed by atoms with van der Waals surface area (Å²) in [4.78, 5) is 0. The number of hydrogen-bond acceptors (Lipinski definition) is 3. The van der Waals surface area contributed by atoms with Gasteiger partial charge in [0.15, 0.2) is 5.15 Å². The maximum atomic E-state index is 5.99. The molecule has 0 aliphatic heterocycles. The summed E-state index contributed by atoms with van der Waals surface area (Å²) in [7, 11) is 0. The van der Waals surface area contributed by atoms with Crippen LogP contribution in [0.15, 0.2) is 24.3 Å². The fraction of sp³-hybridized carbons (Fsp3) is 0.333. The third-order valence-electron chi connectivity index (χ3n) is 3.19. The van der Waals surface area contributed by atoms with Gasteiger partial charge >= 0.3 is 0 Å². The normalized spacial score (nSPS) is 16.1. The molecule has 3 rings (SSSR count). The van der Waals surface area contributed by atoms with Crippen LogP contribution in [-0.2, 0) is 0 Å². The SMILES string of the molecule is Clc1nsnc1-c1cccc(C2CCC2)c1. The maximum Gasteiger partial charge on any atom is 0.170 e. The van der Waals surface area contributed by atoms with Gasteiger partial charge in [-0.2, -0.15) is 8.75 Å². The third-order valence-corrected chi connectivity index (χ3v) is 4.08. The lowest BCUT2D eigenvalue weighted by Crippen LogP contribution is -2.08. The molecular formula is C12H11ClN2S. The van der Waals surface area contributed by atoms with Crippen molar-refractivity contribution in [2.45, 2.75) is 25.2 Å². The first kappa shape index (κ1) is 10.2. The van der Waals surface area contributed by atoms with Gasteiger partial charge in [0.05, 0.1) is 11.7 Å². The van der Waals surface area contributed by atoms with Gasteiger partial charge in [0, 0.05) is 5.56 Å². The lowest BCUT2D eigenvalue weighted by Gasteiger charge is -2.26. The van der Waals surface area contributed by atoms with Gasteiger partial charge < -0.3 is 0 Å². The molecule has 0 unspecified atom stereocenters. The molecule has 1 heterocycles. The van der Waals surface area contributed by atoms with Crippen LogP contribution in [0.25, 0.3) is 11.3 Å². The fourth-order valence-electron chi connectivity index (χ4n) is 2.03. The van der Waals surface area contributed by atoms with Gasteiger partial charge in [-0.05, 0) is 30.4 Å². The number of rotatable bonds is 2. The second-order valence-electron chi connectivity index (χ2n) is 4.16. The van der Waals surface area contributed by atoms with E-state index in [0.29, 0.717) is 5.15 Å². The van der Waals surface area contributed by atoms with Crippen LogP contribution >= 0.6 is 23.3 Å². The van der Waals surface area contributed by atoms with Crippen molar-refractivity contribution in [1.29, 1.82) is 0 Å². The van der Waals surface area contributed by atoms with Crippen LogP contribution in [0.2, 0.25) is 5.15 Å². The standard InChI is InChI=1S/C12H11ClN2S/c13-12-11(14-16-15-12)10-6-2-5-9(7-10)8-3-1-4-8/h2,5-8H,1,3-4H2. The summed E-state index contributed by atoms with van der Waals surface area (Å²) in [6, 6.07) is 8.52. The van der Waals surface area contributed by atoms with Gasteiger partial charge in [-0.15, -0.1) is 0 Å². The minimum absolute atomic E-state index is 0.510. The minimum atomic E-state index is 0.510. The summed E-state index contributed by atoms with van der Waals surface area (Å²) in [6.07, 6.45) is 3.98. The van der Waals surface area contributed by atoms with E-state index in [-0.39, 0.29) is 0 Å². The molecule has 0 bridgehead atoms. The van der Waals surface area contributed by atoms with Gasteiger partial charge in [0.25, 0.3) is 0 Å². The molecule has 0 spiro atoms. The van der Waals surface area contributed by atoms with E-state index in [2.05, 4.69) is 26.9 Å². The summed E-state index contributed by atoms with van der Waals surface area (Å²) in [5, 5.41) is 0.510. The van der Waals surface area contributed by atoms with Gasteiger partial charge in [-0.1, -0.05) is 36.2 Å². The second-order valence-corrected chi connectivity index (χ2v) is 5.04. The van der Waals surface area contributed by atoms with Crippen LogP contribution in [0, 0.1) is 0 Å². The van der Waals surface area contributed by atoms with Crippen LogP contribution < -0.4 is 0 Å². The molecule has 16 heavy (non-hydrogen) atoms. The average molecular weight is 251 g/mol. The largest absolute Gasteiger partial charge is 0.171 e. The van der Waals surface area contributed by atoms with Crippen LogP contribution in [0.1, 0.15) is 30.7 Å². The van der Waals surface area contributed by atoms with Crippen LogP contribution in [-0.4, -0.2) is 8.75 Å². The number of aromatic nitrogens is 2. The summed E-state index contributed by atoms with van der Waals surface area (Å²) in [6.45, 7) is 0. The zero-order valence-corrected chi connectivity index (χ0v) is 10.3. The van der Waals surface area contributed by atoms with Crippen molar-refractivity contribution in [3.8, 4) is 11.3 Å². The number of halogens is 1. The van der Waals surface area contributed by atoms with E-state index in [4.69, 9.17) is 11.6 Å². The molecule has 4 heteroatoms. The Bertz CT molecular complexity index is 505. The number of benzene rings is 1. The van der Waals surface area contributed by atoms with Gasteiger partial charge in [0.1, 0.15) is 5.69 Å². The van der Waals surface area contributed by atoms with E-state index < -0.39 is 0 Å². The molecule has 0 saturated heterocycles. The summed E-state index contributed by atoms with van der Waals surface area (Å²) < 4.78 is 8.23. The Hall–Kier alpha value is -0.930. The van der Waals surface area contributed by atoms with Gasteiger partial charge in [-0.3, -0.25) is 0 Å². The summed E-state index contributed by atoms with van der Waals surface area (Å²) in [5.41, 5.74) is 3.31. The Morgan fingerprint density at radius 3 is 2.75 bits per heavy atom. The summed E-state index contributed by atoms with van der Waals surface area (Å²) in [5.74, 6) is 0.741. The molecule has 2 nitrogen and oxygen atoms in total. The van der Waals surface area contributed by atoms with E-state index in [1.807, 2.05) is 6.07 Å². The number of hydrogen-bond donors (Lipinski definition) is 0. The van der Waals surface area contributed by atoms with E-state index >= 15 is 0 Å². The highest BCUT2D eigenvalue weighted by atomic mass is 35.5. The smallest absolute Gasteiger partial charge is 0.170 e. The highest BCUT2D eigenvalue weighted by molar-refractivity contribution is 6.99. The predicted octanol–water partition coefficient (Wildman–Crippen LogP) is 4.13. The molecular weight excluding hydrogens is 240 g/mol. The molecule has 1 fully saturated rings. The van der Waals surface area contributed by atoms with E-state index in [0.717, 1.165) is 28.9 Å². The quantitative estimate of drug-likeness (QED) is 0.801. The van der Waals surface area contributed by atoms with Gasteiger partial charge in [-0.25, -0.2) is 0 Å². The third kappa shape index (κ3) is 1.74. The lowest BCUT2D eigenvalue weighted by molar-refractivity contribution is 0.420. The second kappa shape index (κ2) is 4.15. The Labute approximate surface area is 104 Å². The van der Waals surface area contributed by atoms with Crippen molar-refractivity contribution in [3.05, 3.63) is 35.0 Å². The van der Waals surface area contributed by atoms with Crippen LogP contribution in [0.5, 0.6) is 0 Å². The monoisotopic (exact) mass is 250 g/mol. The van der Waals surface area contributed by atoms with Crippen molar-refractivity contribution in [1.82, 2.24) is 8.75 Å². The lowest BCUT2D eigenvalue weighted by atomic mass is 9.79. The molecule has 2 aromatic rings. The molecule has 0 radical (unpaired) electrons. The van der Waals surface area contributed by atoms with Crippen LogP contribution in [0.4, 0.5) is 0 Å². The van der Waals surface area contributed by atoms with Crippen molar-refractivity contribution < 1.29 is 0 Å². The van der Waals surface area contributed by atoms with Crippen molar-refractivity contribution in [2.24, 2.45) is 0 Å². The molecule has 0 N–H and O–H groups in total. The van der Waals surface area contributed by atoms with E-state index in [9.17, 15) is 0 Å². The van der Waals surface area contributed by atoms with Gasteiger partial charge in [0.2, 0.25) is 0 Å². The van der Waals surface area contributed by atoms with Crippen molar-refractivity contribution in [3.63, 3.8) is 0 Å². The topological polar surface area (TPSA) is 25.8 Å². The maximum absolute atomic E-state index is 5.99. The molecule has 0 amide bonds. The molecule has 82 valence electrons. The molecule has 1 aromatic heterocycles. The highest BCUT2D eigenvalue weighted by Crippen LogP contribution is 2.38. The summed E-state index contributed by atoms with van der Waals surface area (Å²) >= 11 is 7.15. The zero-order chi connectivity index (χ0) is 11.0. The highest BCUT2D eigenvalue weighted by Gasteiger charge is 2.20. The van der Waals surface area contributed by atoms with Crippen molar-refractivity contribution >= 4 is 23.3 Å². The molecule has 1 saturated carbocycles. The van der Waals surface area contributed by atoms with Crippen LogP contribution in [0.3, 0.4) is 0 Å². The predicted molar refractivity (Wildman–Crippen MR) is 66.9 cm³/mol. The molecule has 1 aliphatic rings. The molecule has 1 aliphatic carbocycles. The zero-order valence-electron chi connectivity index (χ0n) is 8.69. The van der Waals surface area contributed by atoms with E-state index in [1.165, 1.54) is 24.8 Å². The number of nitrogens with zero attached hydrogens (tertiary/aromatic N) is 2. The Kier molecular flexibility index (Phi) is 2.65. The first-order valence-electron chi connectivity index (χ1n) is 5.43. The first-order chi connectivity index (χ1) is 7.84. The minimum Gasteiger partial charge on any atom is -0.171 e. The molecule has 0 atom stereocenters. The fourth-order valence-corrected chi connectivity index (χ4v) is 2.80.